The van der Waals surface area contributed by atoms with Crippen molar-refractivity contribution in [2.24, 2.45) is 5.92 Å². The SMILES string of the molecule is COCc1cc(C(C)NC2CCCC2CO)ccc1OC. The van der Waals surface area contributed by atoms with Crippen molar-refractivity contribution in [3.05, 3.63) is 29.3 Å². The molecule has 21 heavy (non-hydrogen) atoms. The number of ether oxygens (including phenoxy) is 2. The molecule has 1 aliphatic rings. The van der Waals surface area contributed by atoms with Gasteiger partial charge in [0.25, 0.3) is 0 Å². The minimum Gasteiger partial charge on any atom is -0.496 e. The normalized spacial score (nSPS) is 23.2. The smallest absolute Gasteiger partial charge is 0.124 e. The first kappa shape index (κ1) is 16.3. The monoisotopic (exact) mass is 293 g/mol. The summed E-state index contributed by atoms with van der Waals surface area (Å²) in [4.78, 5) is 0. The molecule has 1 aromatic rings. The number of hydrogen-bond donors (Lipinski definition) is 2. The highest BCUT2D eigenvalue weighted by molar-refractivity contribution is 5.38. The summed E-state index contributed by atoms with van der Waals surface area (Å²) in [7, 11) is 3.37. The van der Waals surface area contributed by atoms with Crippen LogP contribution in [0.15, 0.2) is 18.2 Å². The van der Waals surface area contributed by atoms with Gasteiger partial charge in [0.1, 0.15) is 5.75 Å². The molecule has 4 nitrogen and oxygen atoms in total. The average Bonchev–Trinajstić information content (AvgIpc) is 2.94. The molecule has 0 aliphatic heterocycles. The summed E-state index contributed by atoms with van der Waals surface area (Å²) in [6.45, 7) is 3.00. The van der Waals surface area contributed by atoms with E-state index in [-0.39, 0.29) is 12.6 Å². The van der Waals surface area contributed by atoms with Crippen molar-refractivity contribution in [3.8, 4) is 5.75 Å². The molecule has 0 heterocycles. The molecule has 0 saturated heterocycles. The molecule has 1 fully saturated rings. The van der Waals surface area contributed by atoms with E-state index in [0.717, 1.165) is 24.2 Å². The second-order valence-electron chi connectivity index (χ2n) is 5.87. The zero-order valence-corrected chi connectivity index (χ0v) is 13.3. The topological polar surface area (TPSA) is 50.7 Å². The number of nitrogens with one attached hydrogen (secondary N) is 1. The van der Waals surface area contributed by atoms with Crippen LogP contribution in [0.4, 0.5) is 0 Å². The van der Waals surface area contributed by atoms with Gasteiger partial charge in [-0.25, -0.2) is 0 Å². The molecule has 1 saturated carbocycles. The molecule has 2 rings (SSSR count). The van der Waals surface area contributed by atoms with E-state index < -0.39 is 0 Å². The molecule has 118 valence electrons. The van der Waals surface area contributed by atoms with Gasteiger partial charge >= 0.3 is 0 Å². The molecule has 3 unspecified atom stereocenters. The highest BCUT2D eigenvalue weighted by Crippen LogP contribution is 2.29. The Kier molecular flexibility index (Phi) is 6.03. The second kappa shape index (κ2) is 7.78. The Morgan fingerprint density at radius 2 is 2.14 bits per heavy atom. The van der Waals surface area contributed by atoms with Crippen LogP contribution < -0.4 is 10.1 Å². The fourth-order valence-electron chi connectivity index (χ4n) is 3.23. The molecule has 0 aromatic heterocycles. The minimum atomic E-state index is 0.253. The van der Waals surface area contributed by atoms with E-state index in [1.165, 1.54) is 12.0 Å². The molecular formula is C17H27NO3. The number of methoxy groups -OCH3 is 2. The number of aliphatic hydroxyl groups excluding tert-OH is 1. The predicted molar refractivity (Wildman–Crippen MR) is 83.5 cm³/mol. The van der Waals surface area contributed by atoms with E-state index in [2.05, 4.69) is 24.4 Å². The van der Waals surface area contributed by atoms with E-state index in [9.17, 15) is 5.11 Å². The van der Waals surface area contributed by atoms with E-state index >= 15 is 0 Å². The van der Waals surface area contributed by atoms with Crippen molar-refractivity contribution in [2.45, 2.75) is 44.9 Å². The van der Waals surface area contributed by atoms with Gasteiger partial charge < -0.3 is 19.9 Å². The summed E-state index contributed by atoms with van der Waals surface area (Å²) in [5.41, 5.74) is 2.29. The third-order valence-corrected chi connectivity index (χ3v) is 4.46. The van der Waals surface area contributed by atoms with E-state index in [1.807, 2.05) is 6.07 Å². The Morgan fingerprint density at radius 1 is 1.33 bits per heavy atom. The Balaban J connectivity index is 2.08. The Bertz CT molecular complexity index is 450. The summed E-state index contributed by atoms with van der Waals surface area (Å²) < 4.78 is 10.6. The number of benzene rings is 1. The molecule has 0 radical (unpaired) electrons. The van der Waals surface area contributed by atoms with Crippen LogP contribution in [0.25, 0.3) is 0 Å². The Hall–Kier alpha value is -1.10. The maximum absolute atomic E-state index is 9.43. The van der Waals surface area contributed by atoms with Crippen LogP contribution in [-0.4, -0.2) is 32.0 Å². The van der Waals surface area contributed by atoms with Crippen molar-refractivity contribution in [1.82, 2.24) is 5.32 Å². The molecule has 1 aliphatic carbocycles. The highest BCUT2D eigenvalue weighted by Gasteiger charge is 2.27. The summed E-state index contributed by atoms with van der Waals surface area (Å²) in [6.07, 6.45) is 3.47. The van der Waals surface area contributed by atoms with Crippen molar-refractivity contribution in [1.29, 1.82) is 0 Å². The molecule has 4 heteroatoms. The lowest BCUT2D eigenvalue weighted by Crippen LogP contribution is -2.35. The van der Waals surface area contributed by atoms with Gasteiger partial charge in [0.05, 0.1) is 13.7 Å². The lowest BCUT2D eigenvalue weighted by atomic mass is 10.0. The van der Waals surface area contributed by atoms with Crippen molar-refractivity contribution in [3.63, 3.8) is 0 Å². The highest BCUT2D eigenvalue weighted by atomic mass is 16.5. The number of rotatable bonds is 7. The first-order valence-electron chi connectivity index (χ1n) is 7.72. The quantitative estimate of drug-likeness (QED) is 0.811. The molecular weight excluding hydrogens is 266 g/mol. The van der Waals surface area contributed by atoms with Gasteiger partial charge in [-0.15, -0.1) is 0 Å². The molecule has 0 bridgehead atoms. The molecule has 0 spiro atoms. The predicted octanol–water partition coefficient (Wildman–Crippen LogP) is 2.65. The van der Waals surface area contributed by atoms with Crippen LogP contribution in [0.1, 0.15) is 43.4 Å². The van der Waals surface area contributed by atoms with E-state index in [4.69, 9.17) is 9.47 Å². The third kappa shape index (κ3) is 3.96. The third-order valence-electron chi connectivity index (χ3n) is 4.46. The van der Waals surface area contributed by atoms with Crippen LogP contribution in [0, 0.1) is 5.92 Å². The molecule has 0 amide bonds. The van der Waals surface area contributed by atoms with E-state index in [0.29, 0.717) is 18.6 Å². The summed E-state index contributed by atoms with van der Waals surface area (Å²) >= 11 is 0. The van der Waals surface area contributed by atoms with Crippen LogP contribution in [-0.2, 0) is 11.3 Å². The fourth-order valence-corrected chi connectivity index (χ4v) is 3.23. The maximum atomic E-state index is 9.43. The van der Waals surface area contributed by atoms with Gasteiger partial charge in [-0.1, -0.05) is 12.5 Å². The van der Waals surface area contributed by atoms with Crippen LogP contribution in [0.2, 0.25) is 0 Å². The fraction of sp³-hybridized carbons (Fsp3) is 0.647. The van der Waals surface area contributed by atoms with Gasteiger partial charge in [-0.2, -0.15) is 0 Å². The van der Waals surface area contributed by atoms with Crippen molar-refractivity contribution in [2.75, 3.05) is 20.8 Å². The Morgan fingerprint density at radius 3 is 2.81 bits per heavy atom. The second-order valence-corrected chi connectivity index (χ2v) is 5.87. The Labute approximate surface area is 127 Å². The first-order chi connectivity index (χ1) is 10.2. The lowest BCUT2D eigenvalue weighted by Gasteiger charge is -2.25. The molecule has 3 atom stereocenters. The van der Waals surface area contributed by atoms with Crippen LogP contribution in [0.3, 0.4) is 0 Å². The zero-order valence-electron chi connectivity index (χ0n) is 13.3. The van der Waals surface area contributed by atoms with Gasteiger partial charge in [0, 0.05) is 31.4 Å². The van der Waals surface area contributed by atoms with Gasteiger partial charge in [-0.3, -0.25) is 0 Å². The van der Waals surface area contributed by atoms with Crippen molar-refractivity contribution < 1.29 is 14.6 Å². The molecule has 1 aromatic carbocycles. The molecule has 2 N–H and O–H groups in total. The largest absolute Gasteiger partial charge is 0.496 e. The number of hydrogen-bond acceptors (Lipinski definition) is 4. The van der Waals surface area contributed by atoms with Crippen molar-refractivity contribution >= 4 is 0 Å². The maximum Gasteiger partial charge on any atom is 0.124 e. The first-order valence-corrected chi connectivity index (χ1v) is 7.72. The van der Waals surface area contributed by atoms with Crippen LogP contribution in [0.5, 0.6) is 5.75 Å². The van der Waals surface area contributed by atoms with Gasteiger partial charge in [0.2, 0.25) is 0 Å². The summed E-state index contributed by atoms with van der Waals surface area (Å²) in [5.74, 6) is 1.26. The minimum absolute atomic E-state index is 0.253. The average molecular weight is 293 g/mol. The van der Waals surface area contributed by atoms with Crippen LogP contribution >= 0.6 is 0 Å². The summed E-state index contributed by atoms with van der Waals surface area (Å²) in [6, 6.07) is 6.91. The van der Waals surface area contributed by atoms with Gasteiger partial charge in [0.15, 0.2) is 0 Å². The summed E-state index contributed by atoms with van der Waals surface area (Å²) in [5, 5.41) is 13.1. The number of aliphatic hydroxyl groups is 1. The van der Waals surface area contributed by atoms with Gasteiger partial charge in [-0.05, 0) is 43.4 Å². The van der Waals surface area contributed by atoms with E-state index in [1.54, 1.807) is 14.2 Å². The zero-order chi connectivity index (χ0) is 15.2. The lowest BCUT2D eigenvalue weighted by molar-refractivity contribution is 0.181. The standard InChI is InChI=1S/C17H27NO3/c1-12(18-16-6-4-5-14(16)10-19)13-7-8-17(21-3)15(9-13)11-20-2/h7-9,12,14,16,18-19H,4-6,10-11H2,1-3H3.